The molecule has 1 fully saturated rings. The van der Waals surface area contributed by atoms with Gasteiger partial charge in [0.1, 0.15) is 18.1 Å². The van der Waals surface area contributed by atoms with Crippen LogP contribution in [-0.4, -0.2) is 57.9 Å². The lowest BCUT2D eigenvalue weighted by Gasteiger charge is -2.07. The molecule has 0 aromatic rings. The summed E-state index contributed by atoms with van der Waals surface area (Å²) < 4.78 is 0. The van der Waals surface area contributed by atoms with Gasteiger partial charge in [-0.05, 0) is 44.1 Å². The fourth-order valence-corrected chi connectivity index (χ4v) is 2.11. The van der Waals surface area contributed by atoms with Crippen molar-refractivity contribution in [3.05, 3.63) is 0 Å². The number of carboxylic acids is 3. The molecular formula is C17H35N3O6. The molecule has 1 saturated heterocycles. The van der Waals surface area contributed by atoms with E-state index in [1.807, 2.05) is 27.7 Å². The van der Waals surface area contributed by atoms with Crippen LogP contribution in [-0.2, 0) is 14.4 Å². The molecule has 0 aromatic heterocycles. The molecule has 1 aliphatic heterocycles. The van der Waals surface area contributed by atoms with Gasteiger partial charge in [0.2, 0.25) is 0 Å². The van der Waals surface area contributed by atoms with Crippen molar-refractivity contribution < 1.29 is 29.7 Å². The number of aliphatic carboxylic acids is 3. The summed E-state index contributed by atoms with van der Waals surface area (Å²) in [5, 5.41) is 27.8. The zero-order chi connectivity index (χ0) is 20.9. The van der Waals surface area contributed by atoms with E-state index in [0.29, 0.717) is 24.7 Å². The highest BCUT2D eigenvalue weighted by atomic mass is 16.4. The Hall–Kier alpha value is -1.71. The smallest absolute Gasteiger partial charge is 0.320 e. The van der Waals surface area contributed by atoms with Crippen LogP contribution >= 0.6 is 0 Å². The SMILES string of the molecule is CC(C)CC(N)C(=O)O.CC(C)CC(N)C(=O)O.O=C(O)C1CCCN1. The average molecular weight is 377 g/mol. The van der Waals surface area contributed by atoms with E-state index in [-0.39, 0.29) is 6.04 Å². The Balaban J connectivity index is 0. The summed E-state index contributed by atoms with van der Waals surface area (Å²) >= 11 is 0. The largest absolute Gasteiger partial charge is 0.480 e. The van der Waals surface area contributed by atoms with Crippen LogP contribution in [0.25, 0.3) is 0 Å². The average Bonchev–Trinajstić information content (AvgIpc) is 3.01. The van der Waals surface area contributed by atoms with Crippen LogP contribution in [0.2, 0.25) is 0 Å². The quantitative estimate of drug-likeness (QED) is 0.373. The standard InChI is InChI=1S/2C6H13NO2.C5H9NO2/c2*1-4(2)3-5(7)6(8)9;7-5(8)4-2-1-3-6-4/h2*4-5H,3,7H2,1-2H3,(H,8,9);4,6H,1-3H2,(H,7,8). The van der Waals surface area contributed by atoms with Gasteiger partial charge in [-0.25, -0.2) is 0 Å². The zero-order valence-corrected chi connectivity index (χ0v) is 16.1. The van der Waals surface area contributed by atoms with E-state index in [4.69, 9.17) is 26.8 Å². The topological polar surface area (TPSA) is 176 Å². The Morgan fingerprint density at radius 2 is 1.31 bits per heavy atom. The minimum atomic E-state index is -0.913. The number of carbonyl (C=O) groups is 3. The molecule has 0 aromatic carbocycles. The first-order chi connectivity index (χ1) is 11.9. The van der Waals surface area contributed by atoms with E-state index in [9.17, 15) is 14.4 Å². The third kappa shape index (κ3) is 15.8. The third-order valence-electron chi connectivity index (χ3n) is 3.44. The Bertz CT molecular complexity index is 397. The van der Waals surface area contributed by atoms with Gasteiger partial charge in [-0.15, -0.1) is 0 Å². The minimum absolute atomic E-state index is 0.269. The van der Waals surface area contributed by atoms with E-state index < -0.39 is 30.0 Å². The molecule has 0 radical (unpaired) electrons. The van der Waals surface area contributed by atoms with Crippen molar-refractivity contribution >= 4 is 17.9 Å². The van der Waals surface area contributed by atoms with E-state index >= 15 is 0 Å². The van der Waals surface area contributed by atoms with Crippen LogP contribution < -0.4 is 16.8 Å². The maximum atomic E-state index is 10.1. The van der Waals surface area contributed by atoms with Gasteiger partial charge < -0.3 is 32.1 Å². The van der Waals surface area contributed by atoms with Crippen molar-refractivity contribution in [1.29, 1.82) is 0 Å². The summed E-state index contributed by atoms with van der Waals surface area (Å²) in [5.74, 6) is -1.83. The first kappa shape index (κ1) is 26.5. The van der Waals surface area contributed by atoms with Crippen molar-refractivity contribution in [1.82, 2.24) is 5.32 Å². The molecule has 8 N–H and O–H groups in total. The molecule has 0 saturated carbocycles. The lowest BCUT2D eigenvalue weighted by Crippen LogP contribution is -2.31. The third-order valence-corrected chi connectivity index (χ3v) is 3.44. The van der Waals surface area contributed by atoms with Crippen LogP contribution in [0.15, 0.2) is 0 Å². The predicted octanol–water partition coefficient (Wildman–Crippen LogP) is 0.712. The van der Waals surface area contributed by atoms with Crippen LogP contribution in [0, 0.1) is 11.8 Å². The van der Waals surface area contributed by atoms with Gasteiger partial charge in [0.05, 0.1) is 0 Å². The first-order valence-corrected chi connectivity index (χ1v) is 8.81. The normalized spacial score (nSPS) is 18.2. The van der Waals surface area contributed by atoms with Crippen molar-refractivity contribution in [2.45, 2.75) is 71.5 Å². The summed E-state index contributed by atoms with van der Waals surface area (Å²) in [6.45, 7) is 8.65. The Kier molecular flexibility index (Phi) is 14.7. The Morgan fingerprint density at radius 3 is 1.42 bits per heavy atom. The monoisotopic (exact) mass is 377 g/mol. The maximum absolute atomic E-state index is 10.1. The molecule has 0 bridgehead atoms. The molecule has 1 heterocycles. The van der Waals surface area contributed by atoms with Crippen molar-refractivity contribution in [3.63, 3.8) is 0 Å². The minimum Gasteiger partial charge on any atom is -0.480 e. The molecule has 9 heteroatoms. The van der Waals surface area contributed by atoms with Gasteiger partial charge in [0.15, 0.2) is 0 Å². The molecule has 1 rings (SSSR count). The van der Waals surface area contributed by atoms with Crippen molar-refractivity contribution in [3.8, 4) is 0 Å². The highest BCUT2D eigenvalue weighted by molar-refractivity contribution is 5.74. The lowest BCUT2D eigenvalue weighted by atomic mass is 10.1. The van der Waals surface area contributed by atoms with E-state index in [1.165, 1.54) is 0 Å². The molecule has 26 heavy (non-hydrogen) atoms. The summed E-state index contributed by atoms with van der Waals surface area (Å²) in [7, 11) is 0. The molecule has 0 spiro atoms. The first-order valence-electron chi connectivity index (χ1n) is 8.81. The van der Waals surface area contributed by atoms with Gasteiger partial charge in [-0.1, -0.05) is 27.7 Å². The number of nitrogens with one attached hydrogen (secondary N) is 1. The maximum Gasteiger partial charge on any atom is 0.320 e. The molecule has 0 amide bonds. The lowest BCUT2D eigenvalue weighted by molar-refractivity contribution is -0.139. The molecule has 3 unspecified atom stereocenters. The van der Waals surface area contributed by atoms with Crippen LogP contribution in [0.5, 0.6) is 0 Å². The van der Waals surface area contributed by atoms with Crippen LogP contribution in [0.3, 0.4) is 0 Å². The van der Waals surface area contributed by atoms with Crippen molar-refractivity contribution in [2.24, 2.45) is 23.3 Å². The fourth-order valence-electron chi connectivity index (χ4n) is 2.11. The molecular weight excluding hydrogens is 342 g/mol. The van der Waals surface area contributed by atoms with Gasteiger partial charge in [-0.2, -0.15) is 0 Å². The van der Waals surface area contributed by atoms with Gasteiger partial charge in [0, 0.05) is 0 Å². The molecule has 3 atom stereocenters. The van der Waals surface area contributed by atoms with Crippen LogP contribution in [0.1, 0.15) is 53.4 Å². The van der Waals surface area contributed by atoms with E-state index in [0.717, 1.165) is 19.4 Å². The molecule has 1 aliphatic rings. The fraction of sp³-hybridized carbons (Fsp3) is 0.824. The zero-order valence-electron chi connectivity index (χ0n) is 16.1. The van der Waals surface area contributed by atoms with Gasteiger partial charge in [-0.3, -0.25) is 14.4 Å². The summed E-state index contributed by atoms with van der Waals surface area (Å²) in [5.41, 5.74) is 10.4. The van der Waals surface area contributed by atoms with Crippen LogP contribution in [0.4, 0.5) is 0 Å². The van der Waals surface area contributed by atoms with Gasteiger partial charge in [0.25, 0.3) is 0 Å². The second-order valence-corrected chi connectivity index (χ2v) is 7.14. The number of carboxylic acid groups (broad SMARTS) is 3. The Labute approximate surface area is 155 Å². The van der Waals surface area contributed by atoms with E-state index in [1.54, 1.807) is 0 Å². The predicted molar refractivity (Wildman–Crippen MR) is 98.8 cm³/mol. The van der Waals surface area contributed by atoms with Gasteiger partial charge >= 0.3 is 17.9 Å². The summed E-state index contributed by atoms with van der Waals surface area (Å²) in [6.07, 6.45) is 2.89. The summed E-state index contributed by atoms with van der Waals surface area (Å²) in [4.78, 5) is 30.4. The molecule has 0 aliphatic carbocycles. The number of hydrogen-bond acceptors (Lipinski definition) is 6. The van der Waals surface area contributed by atoms with E-state index in [2.05, 4.69) is 5.32 Å². The Morgan fingerprint density at radius 1 is 0.923 bits per heavy atom. The highest BCUT2D eigenvalue weighted by Gasteiger charge is 2.20. The molecule has 154 valence electrons. The number of nitrogens with two attached hydrogens (primary N) is 2. The second-order valence-electron chi connectivity index (χ2n) is 7.14. The van der Waals surface area contributed by atoms with Crippen molar-refractivity contribution in [2.75, 3.05) is 6.54 Å². The highest BCUT2D eigenvalue weighted by Crippen LogP contribution is 2.03. The summed E-state index contributed by atoms with van der Waals surface area (Å²) in [6, 6.07) is -1.65. The second kappa shape index (κ2) is 14.5. The number of rotatable bonds is 7. The molecule has 9 nitrogen and oxygen atoms in total. The number of hydrogen-bond donors (Lipinski definition) is 6.